The molecule has 3 amide bonds. The number of sulfonamides is 1. The molecule has 3 aliphatic heterocycles. The summed E-state index contributed by atoms with van der Waals surface area (Å²) >= 11 is 0. The van der Waals surface area contributed by atoms with Gasteiger partial charge in [0.15, 0.2) is 0 Å². The molecule has 3 aliphatic rings. The summed E-state index contributed by atoms with van der Waals surface area (Å²) in [5, 5.41) is 2.26. The Morgan fingerprint density at radius 3 is 2.39 bits per heavy atom. The van der Waals surface area contributed by atoms with E-state index >= 15 is 0 Å². The van der Waals surface area contributed by atoms with Crippen molar-refractivity contribution in [3.05, 3.63) is 64.5 Å². The van der Waals surface area contributed by atoms with Gasteiger partial charge in [-0.2, -0.15) is 4.31 Å². The van der Waals surface area contributed by atoms with E-state index in [-0.39, 0.29) is 49.7 Å². The van der Waals surface area contributed by atoms with Gasteiger partial charge in [0.25, 0.3) is 5.91 Å². The van der Waals surface area contributed by atoms with Gasteiger partial charge in [0, 0.05) is 56.0 Å². The lowest BCUT2D eigenvalue weighted by Crippen LogP contribution is -2.52. The number of amides is 3. The smallest absolute Gasteiger partial charge is 0.255 e. The molecule has 0 spiro atoms. The van der Waals surface area contributed by atoms with Gasteiger partial charge in [-0.15, -0.1) is 0 Å². The first-order valence-corrected chi connectivity index (χ1v) is 13.5. The number of imide groups is 1. The molecule has 5 rings (SSSR count). The molecule has 1 atom stereocenters. The summed E-state index contributed by atoms with van der Waals surface area (Å²) in [6.45, 7) is 3.24. The number of benzene rings is 2. The van der Waals surface area contributed by atoms with Crippen molar-refractivity contribution < 1.29 is 27.2 Å². The molecular formula is C25H27FN4O5S. The Hall–Kier alpha value is -3.31. The highest BCUT2D eigenvalue weighted by atomic mass is 32.2. The van der Waals surface area contributed by atoms with Gasteiger partial charge < -0.3 is 9.80 Å². The molecule has 190 valence electrons. The molecule has 0 aromatic heterocycles. The van der Waals surface area contributed by atoms with Crippen LogP contribution in [-0.2, 0) is 31.9 Å². The van der Waals surface area contributed by atoms with Gasteiger partial charge in [-0.25, -0.2) is 12.8 Å². The van der Waals surface area contributed by atoms with Gasteiger partial charge in [0.1, 0.15) is 11.9 Å². The molecule has 2 aromatic carbocycles. The van der Waals surface area contributed by atoms with Gasteiger partial charge >= 0.3 is 0 Å². The monoisotopic (exact) mass is 514 g/mol. The second-order valence-electron chi connectivity index (χ2n) is 9.48. The number of hydrogen-bond acceptors (Lipinski definition) is 6. The van der Waals surface area contributed by atoms with E-state index in [4.69, 9.17) is 0 Å². The van der Waals surface area contributed by atoms with Crippen molar-refractivity contribution in [3.63, 3.8) is 0 Å². The molecular weight excluding hydrogens is 487 g/mol. The van der Waals surface area contributed by atoms with Gasteiger partial charge in [0.05, 0.1) is 5.75 Å². The van der Waals surface area contributed by atoms with Crippen LogP contribution < -0.4 is 10.2 Å². The summed E-state index contributed by atoms with van der Waals surface area (Å²) in [5.74, 6) is -2.00. The van der Waals surface area contributed by atoms with Crippen LogP contribution in [0.15, 0.2) is 36.4 Å². The lowest BCUT2D eigenvalue weighted by atomic mass is 10.0. The number of anilines is 1. The number of nitrogens with zero attached hydrogens (tertiary/aromatic N) is 3. The Morgan fingerprint density at radius 1 is 1.03 bits per heavy atom. The lowest BCUT2D eigenvalue weighted by molar-refractivity contribution is -0.136. The zero-order valence-electron chi connectivity index (χ0n) is 19.9. The van der Waals surface area contributed by atoms with E-state index in [0.29, 0.717) is 24.3 Å². The quantitative estimate of drug-likeness (QED) is 0.607. The van der Waals surface area contributed by atoms with E-state index in [2.05, 4.69) is 5.32 Å². The predicted octanol–water partition coefficient (Wildman–Crippen LogP) is 1.55. The molecule has 0 saturated carbocycles. The van der Waals surface area contributed by atoms with Crippen molar-refractivity contribution >= 4 is 33.4 Å². The summed E-state index contributed by atoms with van der Waals surface area (Å²) in [6.07, 6.45) is 0.358. The Bertz CT molecular complexity index is 1340. The maximum Gasteiger partial charge on any atom is 0.255 e. The maximum absolute atomic E-state index is 14.6. The number of piperazine rings is 1. The van der Waals surface area contributed by atoms with Crippen LogP contribution in [0.2, 0.25) is 0 Å². The van der Waals surface area contributed by atoms with Gasteiger partial charge in [-0.05, 0) is 31.0 Å². The van der Waals surface area contributed by atoms with Crippen LogP contribution >= 0.6 is 0 Å². The second-order valence-corrected chi connectivity index (χ2v) is 11.4. The normalized spacial score (nSPS) is 21.1. The summed E-state index contributed by atoms with van der Waals surface area (Å²) in [5.41, 5.74) is 3.12. The number of piperidine rings is 1. The standard InChI is InChI=1S/C25H27FN4O5S/c1-16-2-4-17(5-3-16)15-36(34,35)29-10-8-28(9-11-29)22-13-18(26)12-19-20(22)14-30(25(19)33)21-6-7-23(31)27-24(21)32/h2-5,12-13,21H,6-11,14-15H2,1H3,(H,27,31,32). The Morgan fingerprint density at radius 2 is 1.72 bits per heavy atom. The summed E-state index contributed by atoms with van der Waals surface area (Å²) in [7, 11) is -3.52. The molecule has 2 aromatic rings. The van der Waals surface area contributed by atoms with Crippen LogP contribution in [0.3, 0.4) is 0 Å². The molecule has 36 heavy (non-hydrogen) atoms. The molecule has 1 unspecified atom stereocenters. The first-order valence-electron chi connectivity index (χ1n) is 11.9. The molecule has 0 bridgehead atoms. The van der Waals surface area contributed by atoms with Crippen LogP contribution in [0.4, 0.5) is 10.1 Å². The van der Waals surface area contributed by atoms with Crippen LogP contribution in [0.25, 0.3) is 0 Å². The number of aryl methyl sites for hydroxylation is 1. The fourth-order valence-electron chi connectivity index (χ4n) is 5.08. The molecule has 1 N–H and O–H groups in total. The average molecular weight is 515 g/mol. The van der Waals surface area contributed by atoms with Crippen molar-refractivity contribution in [3.8, 4) is 0 Å². The fourth-order valence-corrected chi connectivity index (χ4v) is 6.60. The number of halogens is 1. The number of rotatable bonds is 5. The molecule has 2 saturated heterocycles. The van der Waals surface area contributed by atoms with Crippen molar-refractivity contribution in [1.29, 1.82) is 0 Å². The highest BCUT2D eigenvalue weighted by Crippen LogP contribution is 2.35. The molecule has 2 fully saturated rings. The zero-order valence-corrected chi connectivity index (χ0v) is 20.7. The minimum atomic E-state index is -3.52. The molecule has 0 aliphatic carbocycles. The van der Waals surface area contributed by atoms with Crippen LogP contribution in [0, 0.1) is 12.7 Å². The van der Waals surface area contributed by atoms with Gasteiger partial charge in [-0.1, -0.05) is 29.8 Å². The average Bonchev–Trinajstić information content (AvgIpc) is 3.16. The van der Waals surface area contributed by atoms with Crippen LogP contribution in [0.5, 0.6) is 0 Å². The minimum absolute atomic E-state index is 0.0853. The molecule has 11 heteroatoms. The number of nitrogens with one attached hydrogen (secondary N) is 1. The topological polar surface area (TPSA) is 107 Å². The predicted molar refractivity (Wildman–Crippen MR) is 130 cm³/mol. The van der Waals surface area contributed by atoms with Crippen molar-refractivity contribution in [2.45, 2.75) is 38.1 Å². The zero-order chi connectivity index (χ0) is 25.6. The SMILES string of the molecule is Cc1ccc(CS(=O)(=O)N2CCN(c3cc(F)cc4c3CN(C3CCC(=O)NC3=O)C4=O)CC2)cc1. The van der Waals surface area contributed by atoms with Crippen molar-refractivity contribution in [2.75, 3.05) is 31.1 Å². The van der Waals surface area contributed by atoms with Crippen LogP contribution in [0.1, 0.15) is 39.9 Å². The van der Waals surface area contributed by atoms with Crippen molar-refractivity contribution in [1.82, 2.24) is 14.5 Å². The highest BCUT2D eigenvalue weighted by molar-refractivity contribution is 7.88. The third-order valence-corrected chi connectivity index (χ3v) is 8.89. The van der Waals surface area contributed by atoms with E-state index in [1.807, 2.05) is 36.1 Å². The molecule has 3 heterocycles. The largest absolute Gasteiger partial charge is 0.369 e. The van der Waals surface area contributed by atoms with E-state index in [0.717, 1.165) is 11.1 Å². The van der Waals surface area contributed by atoms with E-state index < -0.39 is 33.7 Å². The lowest BCUT2D eigenvalue weighted by Gasteiger charge is -2.36. The number of carbonyl (C=O) groups is 3. The number of fused-ring (bicyclic) bond motifs is 1. The van der Waals surface area contributed by atoms with E-state index in [1.165, 1.54) is 21.3 Å². The third kappa shape index (κ3) is 4.60. The van der Waals surface area contributed by atoms with Crippen molar-refractivity contribution in [2.24, 2.45) is 0 Å². The fraction of sp³-hybridized carbons (Fsp3) is 0.400. The Balaban J connectivity index is 1.31. The first kappa shape index (κ1) is 24.4. The van der Waals surface area contributed by atoms with E-state index in [9.17, 15) is 27.2 Å². The summed E-state index contributed by atoms with van der Waals surface area (Å²) < 4.78 is 42.0. The second kappa shape index (κ2) is 9.29. The highest BCUT2D eigenvalue weighted by Gasteiger charge is 2.41. The molecule has 9 nitrogen and oxygen atoms in total. The number of carbonyl (C=O) groups excluding carboxylic acids is 3. The number of hydrogen-bond donors (Lipinski definition) is 1. The van der Waals surface area contributed by atoms with Gasteiger partial charge in [-0.3, -0.25) is 19.7 Å². The van der Waals surface area contributed by atoms with Gasteiger partial charge in [0.2, 0.25) is 21.8 Å². The third-order valence-electron chi connectivity index (χ3n) is 7.04. The summed E-state index contributed by atoms with van der Waals surface area (Å²) in [4.78, 5) is 40.2. The Kier molecular flexibility index (Phi) is 6.29. The molecule has 0 radical (unpaired) electrons. The minimum Gasteiger partial charge on any atom is -0.369 e. The Labute approximate surface area is 208 Å². The maximum atomic E-state index is 14.6. The summed E-state index contributed by atoms with van der Waals surface area (Å²) in [6, 6.07) is 9.13. The first-order chi connectivity index (χ1) is 17.1. The van der Waals surface area contributed by atoms with E-state index in [1.54, 1.807) is 0 Å². The van der Waals surface area contributed by atoms with Crippen LogP contribution in [-0.4, -0.2) is 67.6 Å².